The van der Waals surface area contributed by atoms with E-state index in [0.717, 1.165) is 42.3 Å². The summed E-state index contributed by atoms with van der Waals surface area (Å²) in [6.07, 6.45) is 5.44. The highest BCUT2D eigenvalue weighted by Crippen LogP contribution is 2.30. The Morgan fingerprint density at radius 1 is 1.35 bits per heavy atom. The number of nitrogens with one attached hydrogen (secondary N) is 3. The van der Waals surface area contributed by atoms with Gasteiger partial charge in [-0.2, -0.15) is 0 Å². The van der Waals surface area contributed by atoms with Gasteiger partial charge in [0.15, 0.2) is 11.6 Å². The van der Waals surface area contributed by atoms with E-state index in [1.54, 1.807) is 12.4 Å². The van der Waals surface area contributed by atoms with E-state index in [-0.39, 0.29) is 23.4 Å². The van der Waals surface area contributed by atoms with Gasteiger partial charge in [-0.3, -0.25) is 9.78 Å². The Balaban J connectivity index is 1.25. The second-order valence-corrected chi connectivity index (χ2v) is 9.21. The molecule has 2 aliphatic heterocycles. The number of anilines is 1. The molecule has 3 aromatic rings. The number of fused-ring (bicyclic) bond motifs is 3. The lowest BCUT2D eigenvalue weighted by Crippen LogP contribution is -2.55. The average molecular weight is 482 g/mol. The number of carbonyl (C=O) groups is 1. The van der Waals surface area contributed by atoms with Crippen LogP contribution in [0.3, 0.4) is 0 Å². The van der Waals surface area contributed by atoms with Crippen LogP contribution in [-0.4, -0.2) is 56.3 Å². The minimum atomic E-state index is -0.119. The lowest BCUT2D eigenvalue weighted by atomic mass is 9.98. The van der Waals surface area contributed by atoms with Crippen LogP contribution in [-0.2, 0) is 13.1 Å². The van der Waals surface area contributed by atoms with Gasteiger partial charge >= 0.3 is 0 Å². The number of halogens is 1. The zero-order valence-electron chi connectivity index (χ0n) is 19.0. The van der Waals surface area contributed by atoms with Gasteiger partial charge < -0.3 is 25.3 Å². The molecule has 1 amide bonds. The third kappa shape index (κ3) is 4.71. The molecule has 0 bridgehead atoms. The smallest absolute Gasteiger partial charge is 0.251 e. The Bertz CT molecular complexity index is 1170. The normalized spacial score (nSPS) is 20.3. The first-order chi connectivity index (χ1) is 16.6. The highest BCUT2D eigenvalue weighted by atomic mass is 35.5. The van der Waals surface area contributed by atoms with Crippen molar-refractivity contribution in [3.8, 4) is 17.1 Å². The number of nitrogens with zero attached hydrogens (tertiary/aromatic N) is 4. The first kappa shape index (κ1) is 22.6. The number of carbonyl (C=O) groups excluding carboxylic acids is 1. The lowest BCUT2D eigenvalue weighted by molar-refractivity contribution is 0.0928. The fraction of sp³-hybridized carbons (Fsp3) is 0.417. The largest absolute Gasteiger partial charge is 0.489 e. The molecule has 0 spiro atoms. The first-order valence-corrected chi connectivity index (χ1v) is 12.1. The number of piperidine rings is 1. The van der Waals surface area contributed by atoms with Gasteiger partial charge in [0.25, 0.3) is 5.91 Å². The summed E-state index contributed by atoms with van der Waals surface area (Å²) in [7, 11) is 0. The lowest BCUT2D eigenvalue weighted by Gasteiger charge is -2.33. The summed E-state index contributed by atoms with van der Waals surface area (Å²) >= 11 is 6.46. The topological polar surface area (TPSA) is 106 Å². The van der Waals surface area contributed by atoms with Crippen molar-refractivity contribution in [1.82, 2.24) is 30.4 Å². The molecule has 1 fully saturated rings. The van der Waals surface area contributed by atoms with Crippen molar-refractivity contribution in [3.05, 3.63) is 54.1 Å². The number of amides is 1. The van der Waals surface area contributed by atoms with Crippen molar-refractivity contribution in [3.63, 3.8) is 0 Å². The van der Waals surface area contributed by atoms with E-state index in [0.29, 0.717) is 31.0 Å². The van der Waals surface area contributed by atoms with Crippen LogP contribution in [0.5, 0.6) is 5.75 Å². The molecule has 0 aliphatic carbocycles. The van der Waals surface area contributed by atoms with Crippen LogP contribution < -0.4 is 20.7 Å². The quantitative estimate of drug-likeness (QED) is 0.465. The molecule has 2 unspecified atom stereocenters. The number of rotatable bonds is 6. The predicted molar refractivity (Wildman–Crippen MR) is 130 cm³/mol. The summed E-state index contributed by atoms with van der Waals surface area (Å²) in [6, 6.07) is 9.33. The summed E-state index contributed by atoms with van der Waals surface area (Å²) in [6.45, 7) is 4.55. The fourth-order valence-electron chi connectivity index (χ4n) is 4.52. The van der Waals surface area contributed by atoms with Gasteiger partial charge in [-0.1, -0.05) is 6.07 Å². The number of alkyl halides is 1. The second-order valence-electron chi connectivity index (χ2n) is 8.65. The van der Waals surface area contributed by atoms with Gasteiger partial charge in [0.05, 0.1) is 30.2 Å². The first-order valence-electron chi connectivity index (χ1n) is 11.6. The summed E-state index contributed by atoms with van der Waals surface area (Å²) in [5.74, 6) is 2.15. The summed E-state index contributed by atoms with van der Waals surface area (Å²) < 4.78 is 7.85. The highest BCUT2D eigenvalue weighted by molar-refractivity contribution is 6.21. The van der Waals surface area contributed by atoms with E-state index in [9.17, 15) is 4.79 Å². The standard InChI is InChI=1S/C24H28ClN7O2/c1-15(22-19(25)6-3-8-27-22)29-24(33)16-4-2-5-17(12-16)28-14-21-30-31-23-18-7-9-26-13-20(18)34-11-10-32(21)23/h2,4-5,7,9,12-13,15,19,22,27-28H,3,6,8,10-11,14H2,1H3,(H,29,33)/t15-,19?,22?/m0/s1. The molecule has 178 valence electrons. The number of ether oxygens (including phenoxy) is 1. The minimum absolute atomic E-state index is 0.0176. The number of hydrogen-bond acceptors (Lipinski definition) is 7. The third-order valence-corrected chi connectivity index (χ3v) is 6.81. The van der Waals surface area contributed by atoms with E-state index in [1.807, 2.05) is 37.3 Å². The van der Waals surface area contributed by atoms with Gasteiger partial charge in [0.2, 0.25) is 0 Å². The molecule has 1 saturated heterocycles. The van der Waals surface area contributed by atoms with Crippen molar-refractivity contribution >= 4 is 23.2 Å². The van der Waals surface area contributed by atoms with Crippen LogP contribution in [0.4, 0.5) is 5.69 Å². The third-order valence-electron chi connectivity index (χ3n) is 6.32. The Morgan fingerprint density at radius 2 is 2.26 bits per heavy atom. The van der Waals surface area contributed by atoms with Crippen LogP contribution in [0.1, 0.15) is 35.9 Å². The minimum Gasteiger partial charge on any atom is -0.489 e. The molecule has 0 radical (unpaired) electrons. The van der Waals surface area contributed by atoms with Crippen LogP contribution in [0.2, 0.25) is 0 Å². The maximum atomic E-state index is 12.9. The van der Waals surface area contributed by atoms with Gasteiger partial charge in [-0.05, 0) is 50.6 Å². The molecule has 0 saturated carbocycles. The second kappa shape index (κ2) is 9.99. The predicted octanol–water partition coefficient (Wildman–Crippen LogP) is 2.82. The zero-order valence-corrected chi connectivity index (χ0v) is 19.8. The van der Waals surface area contributed by atoms with Gasteiger partial charge in [-0.25, -0.2) is 0 Å². The Hall–Kier alpha value is -3.17. The van der Waals surface area contributed by atoms with E-state index in [4.69, 9.17) is 16.3 Å². The molecular weight excluding hydrogens is 454 g/mol. The maximum absolute atomic E-state index is 12.9. The molecule has 2 aliphatic rings. The van der Waals surface area contributed by atoms with Crippen LogP contribution in [0.15, 0.2) is 42.7 Å². The highest BCUT2D eigenvalue weighted by Gasteiger charge is 2.29. The van der Waals surface area contributed by atoms with Crippen molar-refractivity contribution in [2.24, 2.45) is 0 Å². The molecule has 3 N–H and O–H groups in total. The molecule has 10 heteroatoms. The summed E-state index contributed by atoms with van der Waals surface area (Å²) in [5, 5.41) is 18.7. The summed E-state index contributed by atoms with van der Waals surface area (Å²) in [5.41, 5.74) is 2.30. The number of hydrogen-bond donors (Lipinski definition) is 3. The number of pyridine rings is 1. The summed E-state index contributed by atoms with van der Waals surface area (Å²) in [4.78, 5) is 17.0. The number of aromatic nitrogens is 4. The molecule has 2 aromatic heterocycles. The SMILES string of the molecule is C[C@H](NC(=O)c1cccc(NCc2nnc3n2CCOc2cnccc2-3)c1)C1NCCCC1Cl. The number of benzene rings is 1. The van der Waals surface area contributed by atoms with E-state index >= 15 is 0 Å². The van der Waals surface area contributed by atoms with Crippen molar-refractivity contribution in [2.45, 2.75) is 50.3 Å². The zero-order chi connectivity index (χ0) is 23.5. The molecule has 9 nitrogen and oxygen atoms in total. The molecular formula is C24H28ClN7O2. The van der Waals surface area contributed by atoms with Gasteiger partial charge in [0.1, 0.15) is 12.4 Å². The molecule has 5 rings (SSSR count). The van der Waals surface area contributed by atoms with E-state index < -0.39 is 0 Å². The molecule has 34 heavy (non-hydrogen) atoms. The Labute approximate surface area is 203 Å². The molecule has 3 atom stereocenters. The van der Waals surface area contributed by atoms with Crippen LogP contribution >= 0.6 is 11.6 Å². The van der Waals surface area contributed by atoms with Gasteiger partial charge in [-0.15, -0.1) is 21.8 Å². The van der Waals surface area contributed by atoms with Crippen LogP contribution in [0.25, 0.3) is 11.4 Å². The van der Waals surface area contributed by atoms with Crippen molar-refractivity contribution in [1.29, 1.82) is 0 Å². The van der Waals surface area contributed by atoms with Crippen LogP contribution in [0, 0.1) is 0 Å². The van der Waals surface area contributed by atoms with Crippen molar-refractivity contribution < 1.29 is 9.53 Å². The van der Waals surface area contributed by atoms with Gasteiger partial charge in [0, 0.05) is 29.5 Å². The maximum Gasteiger partial charge on any atom is 0.251 e. The monoisotopic (exact) mass is 481 g/mol. The fourth-order valence-corrected chi connectivity index (χ4v) is 4.98. The molecule has 4 heterocycles. The van der Waals surface area contributed by atoms with E-state index in [1.165, 1.54) is 0 Å². The average Bonchev–Trinajstić information content (AvgIpc) is 3.16. The Kier molecular flexibility index (Phi) is 6.64. The van der Waals surface area contributed by atoms with E-state index in [2.05, 4.69) is 35.7 Å². The Morgan fingerprint density at radius 3 is 3.15 bits per heavy atom. The molecule has 1 aromatic carbocycles. The van der Waals surface area contributed by atoms with Crippen molar-refractivity contribution in [2.75, 3.05) is 18.5 Å².